The van der Waals surface area contributed by atoms with Crippen LogP contribution in [0.15, 0.2) is 71.3 Å². The largest absolute Gasteiger partial charge is 0.451 e. The number of anilines is 1. The van der Waals surface area contributed by atoms with Crippen molar-refractivity contribution in [2.24, 2.45) is 0 Å². The average molecular weight is 419 g/mol. The lowest BCUT2D eigenvalue weighted by atomic mass is 10.1. The number of nitrogens with zero attached hydrogens (tertiary/aromatic N) is 2. The topological polar surface area (TPSA) is 98.3 Å². The van der Waals surface area contributed by atoms with E-state index in [4.69, 9.17) is 4.42 Å². The van der Waals surface area contributed by atoms with Gasteiger partial charge in [0.1, 0.15) is 5.76 Å². The van der Waals surface area contributed by atoms with Crippen LogP contribution in [0.1, 0.15) is 26.6 Å². The highest BCUT2D eigenvalue weighted by atomic mass is 32.1. The predicted octanol–water partition coefficient (Wildman–Crippen LogP) is 5.46. The minimum atomic E-state index is -0.475. The molecule has 0 fully saturated rings. The van der Waals surface area contributed by atoms with Crippen LogP contribution in [-0.2, 0) is 6.42 Å². The number of rotatable bonds is 6. The summed E-state index contributed by atoms with van der Waals surface area (Å²) in [6.45, 7) is 2.04. The zero-order chi connectivity index (χ0) is 21.1. The Morgan fingerprint density at radius 1 is 1.17 bits per heavy atom. The standard InChI is InChI=1S/C22H17N3O4S/c1-14-5-7-15(8-6-14)11-18-13-23-22(30-18)24-21(26)20-10-9-19(29-20)16-3-2-4-17(12-16)25(27)28/h2-10,12-13H,11H2,1H3,(H,23,24,26). The first kappa shape index (κ1) is 19.5. The van der Waals surface area contributed by atoms with Crippen LogP contribution in [0.5, 0.6) is 0 Å². The lowest BCUT2D eigenvalue weighted by Gasteiger charge is -2.00. The van der Waals surface area contributed by atoms with Gasteiger partial charge in [0, 0.05) is 35.2 Å². The highest BCUT2D eigenvalue weighted by Gasteiger charge is 2.16. The Kier molecular flexibility index (Phi) is 5.40. The fourth-order valence-corrected chi connectivity index (χ4v) is 3.74. The number of carbonyl (C=O) groups is 1. The maximum absolute atomic E-state index is 12.5. The first-order valence-electron chi connectivity index (χ1n) is 9.14. The van der Waals surface area contributed by atoms with Crippen molar-refractivity contribution in [3.63, 3.8) is 0 Å². The summed E-state index contributed by atoms with van der Waals surface area (Å²) in [7, 11) is 0. The van der Waals surface area contributed by atoms with Gasteiger partial charge in [-0.15, -0.1) is 11.3 Å². The summed E-state index contributed by atoms with van der Waals surface area (Å²) in [6, 6.07) is 17.5. The molecule has 4 aromatic rings. The SMILES string of the molecule is Cc1ccc(Cc2cnc(NC(=O)c3ccc(-c4cccc([N+](=O)[O-])c4)o3)s2)cc1. The molecule has 0 aliphatic carbocycles. The molecule has 0 saturated heterocycles. The maximum atomic E-state index is 12.5. The second-order valence-corrected chi connectivity index (χ2v) is 7.83. The van der Waals surface area contributed by atoms with E-state index >= 15 is 0 Å². The number of amides is 1. The van der Waals surface area contributed by atoms with Crippen molar-refractivity contribution < 1.29 is 14.1 Å². The lowest BCUT2D eigenvalue weighted by molar-refractivity contribution is -0.384. The van der Waals surface area contributed by atoms with E-state index in [2.05, 4.69) is 34.6 Å². The Labute approximate surface area is 176 Å². The Bertz CT molecular complexity index is 1210. The van der Waals surface area contributed by atoms with Crippen LogP contribution < -0.4 is 5.32 Å². The second kappa shape index (κ2) is 8.30. The van der Waals surface area contributed by atoms with E-state index < -0.39 is 10.8 Å². The van der Waals surface area contributed by atoms with E-state index in [0.717, 1.165) is 11.3 Å². The zero-order valence-electron chi connectivity index (χ0n) is 16.0. The summed E-state index contributed by atoms with van der Waals surface area (Å²) in [6.07, 6.45) is 2.49. The summed E-state index contributed by atoms with van der Waals surface area (Å²) in [4.78, 5) is 28.2. The first-order chi connectivity index (χ1) is 14.5. The lowest BCUT2D eigenvalue weighted by Crippen LogP contribution is -2.10. The number of benzene rings is 2. The molecule has 1 amide bonds. The molecule has 0 aliphatic heterocycles. The molecule has 0 bridgehead atoms. The third-order valence-electron chi connectivity index (χ3n) is 4.44. The first-order valence-corrected chi connectivity index (χ1v) is 9.96. The Balaban J connectivity index is 1.44. The molecule has 1 N–H and O–H groups in total. The quantitative estimate of drug-likeness (QED) is 0.330. The van der Waals surface area contributed by atoms with Gasteiger partial charge in [0.15, 0.2) is 10.9 Å². The number of nitro benzene ring substituents is 1. The van der Waals surface area contributed by atoms with E-state index in [-0.39, 0.29) is 11.4 Å². The normalized spacial score (nSPS) is 10.7. The molecular formula is C22H17N3O4S. The van der Waals surface area contributed by atoms with E-state index in [9.17, 15) is 14.9 Å². The molecule has 0 atom stereocenters. The van der Waals surface area contributed by atoms with Gasteiger partial charge in [-0.2, -0.15) is 0 Å². The van der Waals surface area contributed by atoms with Crippen LogP contribution in [0.4, 0.5) is 10.8 Å². The predicted molar refractivity (Wildman–Crippen MR) is 115 cm³/mol. The van der Waals surface area contributed by atoms with Crippen molar-refractivity contribution >= 4 is 28.1 Å². The summed E-state index contributed by atoms with van der Waals surface area (Å²) < 4.78 is 5.59. The van der Waals surface area contributed by atoms with Crippen molar-refractivity contribution in [2.45, 2.75) is 13.3 Å². The molecule has 2 heterocycles. The molecule has 150 valence electrons. The monoisotopic (exact) mass is 419 g/mol. The van der Waals surface area contributed by atoms with Gasteiger partial charge in [-0.3, -0.25) is 20.2 Å². The number of nitro groups is 1. The fraction of sp³-hybridized carbons (Fsp3) is 0.0909. The number of non-ortho nitro benzene ring substituents is 1. The van der Waals surface area contributed by atoms with Gasteiger partial charge in [0.2, 0.25) is 0 Å². The minimum absolute atomic E-state index is 0.0428. The summed E-state index contributed by atoms with van der Waals surface area (Å²) in [5.74, 6) is 0.0535. The van der Waals surface area contributed by atoms with Crippen LogP contribution in [0.25, 0.3) is 11.3 Å². The Hall–Kier alpha value is -3.78. The van der Waals surface area contributed by atoms with E-state index in [1.54, 1.807) is 24.4 Å². The molecule has 0 aliphatic rings. The van der Waals surface area contributed by atoms with Crippen molar-refractivity contribution in [2.75, 3.05) is 5.32 Å². The van der Waals surface area contributed by atoms with Crippen molar-refractivity contribution in [1.82, 2.24) is 4.98 Å². The van der Waals surface area contributed by atoms with Gasteiger partial charge in [-0.1, -0.05) is 42.0 Å². The molecule has 0 unspecified atom stereocenters. The van der Waals surface area contributed by atoms with Crippen molar-refractivity contribution in [3.8, 4) is 11.3 Å². The van der Waals surface area contributed by atoms with Gasteiger partial charge >= 0.3 is 0 Å². The van der Waals surface area contributed by atoms with Gasteiger partial charge in [0.05, 0.1) is 4.92 Å². The highest BCUT2D eigenvalue weighted by Crippen LogP contribution is 2.27. The average Bonchev–Trinajstić information content (AvgIpc) is 3.40. The molecule has 0 radical (unpaired) electrons. The van der Waals surface area contributed by atoms with Crippen molar-refractivity contribution in [3.05, 3.63) is 98.7 Å². The molecule has 4 rings (SSSR count). The summed E-state index contributed by atoms with van der Waals surface area (Å²) >= 11 is 1.40. The summed E-state index contributed by atoms with van der Waals surface area (Å²) in [5.41, 5.74) is 2.87. The van der Waals surface area contributed by atoms with Crippen LogP contribution in [0, 0.1) is 17.0 Å². The molecule has 2 aromatic carbocycles. The number of aryl methyl sites for hydroxylation is 1. The van der Waals surface area contributed by atoms with Crippen LogP contribution in [0.2, 0.25) is 0 Å². The Morgan fingerprint density at radius 3 is 2.73 bits per heavy atom. The number of thiazole rings is 1. The Morgan fingerprint density at radius 2 is 1.97 bits per heavy atom. The van der Waals surface area contributed by atoms with Gasteiger partial charge < -0.3 is 4.42 Å². The smallest absolute Gasteiger partial charge is 0.293 e. The molecule has 0 spiro atoms. The van der Waals surface area contributed by atoms with E-state index in [1.165, 1.54) is 40.7 Å². The number of hydrogen-bond acceptors (Lipinski definition) is 6. The van der Waals surface area contributed by atoms with Gasteiger partial charge in [0.25, 0.3) is 11.6 Å². The van der Waals surface area contributed by atoms with Crippen molar-refractivity contribution in [1.29, 1.82) is 0 Å². The van der Waals surface area contributed by atoms with Crippen LogP contribution in [0.3, 0.4) is 0 Å². The van der Waals surface area contributed by atoms with Gasteiger partial charge in [-0.25, -0.2) is 4.98 Å². The number of hydrogen-bond donors (Lipinski definition) is 1. The number of nitrogens with one attached hydrogen (secondary N) is 1. The minimum Gasteiger partial charge on any atom is -0.451 e. The number of carbonyl (C=O) groups excluding carboxylic acids is 1. The highest BCUT2D eigenvalue weighted by molar-refractivity contribution is 7.15. The molecule has 30 heavy (non-hydrogen) atoms. The van der Waals surface area contributed by atoms with Crippen LogP contribution >= 0.6 is 11.3 Å². The third-order valence-corrected chi connectivity index (χ3v) is 5.36. The second-order valence-electron chi connectivity index (χ2n) is 6.72. The van der Waals surface area contributed by atoms with E-state index in [0.29, 0.717) is 16.5 Å². The molecule has 0 saturated carbocycles. The van der Waals surface area contributed by atoms with Gasteiger partial charge in [-0.05, 0) is 24.6 Å². The third kappa shape index (κ3) is 4.44. The number of aromatic nitrogens is 1. The molecule has 2 aromatic heterocycles. The number of furan rings is 1. The molecule has 8 heteroatoms. The fourth-order valence-electron chi connectivity index (χ4n) is 2.90. The zero-order valence-corrected chi connectivity index (χ0v) is 16.8. The molecular weight excluding hydrogens is 402 g/mol. The molecule has 7 nitrogen and oxygen atoms in total. The van der Waals surface area contributed by atoms with Crippen LogP contribution in [-0.4, -0.2) is 15.8 Å². The summed E-state index contributed by atoms with van der Waals surface area (Å²) in [5, 5.41) is 14.2. The van der Waals surface area contributed by atoms with E-state index in [1.807, 2.05) is 6.92 Å². The maximum Gasteiger partial charge on any atom is 0.293 e.